The van der Waals surface area contributed by atoms with Crippen LogP contribution in [0.4, 0.5) is 0 Å². The van der Waals surface area contributed by atoms with Gasteiger partial charge in [0.25, 0.3) is 0 Å². The highest BCUT2D eigenvalue weighted by Gasteiger charge is 2.09. The minimum absolute atomic E-state index is 0.638. The van der Waals surface area contributed by atoms with E-state index in [9.17, 15) is 5.26 Å². The van der Waals surface area contributed by atoms with Crippen LogP contribution in [0.3, 0.4) is 0 Å². The predicted octanol–water partition coefficient (Wildman–Crippen LogP) is 3.54. The zero-order valence-electron chi connectivity index (χ0n) is 9.90. The smallest absolute Gasteiger partial charge is 0.123 e. The first kappa shape index (κ1) is 11.2. The molecule has 84 valence electrons. The molecular formula is C15H13NO. The average Bonchev–Trinajstić information content (AvgIpc) is 2.39. The van der Waals surface area contributed by atoms with Crippen LogP contribution in [0.2, 0.25) is 0 Å². The van der Waals surface area contributed by atoms with Crippen molar-refractivity contribution in [3.8, 4) is 22.9 Å². The molecule has 0 aliphatic carbocycles. The van der Waals surface area contributed by atoms with E-state index in [0.717, 1.165) is 22.4 Å². The quantitative estimate of drug-likeness (QED) is 0.780. The van der Waals surface area contributed by atoms with Crippen LogP contribution >= 0.6 is 0 Å². The average molecular weight is 223 g/mol. The summed E-state index contributed by atoms with van der Waals surface area (Å²) in [6.45, 7) is 1.98. The maximum absolute atomic E-state index is 9.19. The van der Waals surface area contributed by atoms with Crippen molar-refractivity contribution in [3.05, 3.63) is 53.6 Å². The zero-order valence-corrected chi connectivity index (χ0v) is 9.90. The van der Waals surface area contributed by atoms with E-state index >= 15 is 0 Å². The number of hydrogen-bond acceptors (Lipinski definition) is 2. The number of benzene rings is 2. The molecule has 0 aliphatic heterocycles. The molecule has 17 heavy (non-hydrogen) atoms. The molecule has 0 aromatic heterocycles. The summed E-state index contributed by atoms with van der Waals surface area (Å²) < 4.78 is 5.23. The fourth-order valence-corrected chi connectivity index (χ4v) is 1.86. The van der Waals surface area contributed by atoms with Gasteiger partial charge in [-0.2, -0.15) is 5.26 Å². The van der Waals surface area contributed by atoms with Crippen molar-refractivity contribution in [1.29, 1.82) is 5.26 Å². The Balaban J connectivity index is 2.63. The number of methoxy groups -OCH3 is 1. The van der Waals surface area contributed by atoms with Gasteiger partial charge in [-0.3, -0.25) is 0 Å². The summed E-state index contributed by atoms with van der Waals surface area (Å²) in [5, 5.41) is 9.19. The van der Waals surface area contributed by atoms with Gasteiger partial charge in [-0.05, 0) is 35.7 Å². The summed E-state index contributed by atoms with van der Waals surface area (Å²) in [5.41, 5.74) is 3.67. The van der Waals surface area contributed by atoms with E-state index in [1.165, 1.54) is 0 Å². The molecule has 0 atom stereocenters. The van der Waals surface area contributed by atoms with Gasteiger partial charge < -0.3 is 4.74 Å². The molecule has 0 N–H and O–H groups in total. The lowest BCUT2D eigenvalue weighted by atomic mass is 9.98. The van der Waals surface area contributed by atoms with Crippen molar-refractivity contribution in [2.75, 3.05) is 7.11 Å². The minimum Gasteiger partial charge on any atom is -0.496 e. The molecule has 0 unspecified atom stereocenters. The zero-order chi connectivity index (χ0) is 12.3. The molecule has 0 fully saturated rings. The standard InChI is InChI=1S/C15H13NO/c1-11-8-14(12-6-4-3-5-7-12)13(10-16)9-15(11)17-2/h3-9H,1-2H3. The fourth-order valence-electron chi connectivity index (χ4n) is 1.86. The topological polar surface area (TPSA) is 33.0 Å². The fraction of sp³-hybridized carbons (Fsp3) is 0.133. The molecule has 2 rings (SSSR count). The van der Waals surface area contributed by atoms with Crippen LogP contribution in [0.25, 0.3) is 11.1 Å². The van der Waals surface area contributed by atoms with Gasteiger partial charge in [0.2, 0.25) is 0 Å². The lowest BCUT2D eigenvalue weighted by Crippen LogP contribution is -1.91. The first-order chi connectivity index (χ1) is 8.26. The Morgan fingerprint density at radius 2 is 1.82 bits per heavy atom. The molecule has 0 spiro atoms. The SMILES string of the molecule is COc1cc(C#N)c(-c2ccccc2)cc1C. The normalized spacial score (nSPS) is 9.71. The summed E-state index contributed by atoms with van der Waals surface area (Å²) in [5.74, 6) is 0.751. The Morgan fingerprint density at radius 1 is 1.12 bits per heavy atom. The second-order valence-electron chi connectivity index (χ2n) is 3.85. The monoisotopic (exact) mass is 223 g/mol. The van der Waals surface area contributed by atoms with E-state index in [2.05, 4.69) is 6.07 Å². The summed E-state index contributed by atoms with van der Waals surface area (Å²) in [6.07, 6.45) is 0. The van der Waals surface area contributed by atoms with Crippen molar-refractivity contribution in [2.45, 2.75) is 6.92 Å². The Kier molecular flexibility index (Phi) is 3.11. The summed E-state index contributed by atoms with van der Waals surface area (Å²) >= 11 is 0. The first-order valence-electron chi connectivity index (χ1n) is 5.40. The van der Waals surface area contributed by atoms with Crippen LogP contribution in [-0.2, 0) is 0 Å². The highest BCUT2D eigenvalue weighted by Crippen LogP contribution is 2.29. The van der Waals surface area contributed by atoms with Crippen molar-refractivity contribution in [2.24, 2.45) is 0 Å². The highest BCUT2D eigenvalue weighted by molar-refractivity contribution is 5.72. The summed E-state index contributed by atoms with van der Waals surface area (Å²) in [6, 6.07) is 15.9. The van der Waals surface area contributed by atoms with Gasteiger partial charge >= 0.3 is 0 Å². The molecule has 0 amide bonds. The molecule has 0 aliphatic rings. The van der Waals surface area contributed by atoms with Crippen LogP contribution in [0, 0.1) is 18.3 Å². The predicted molar refractivity (Wildman–Crippen MR) is 67.9 cm³/mol. The Hall–Kier alpha value is -2.27. The van der Waals surface area contributed by atoms with E-state index in [1.54, 1.807) is 13.2 Å². The van der Waals surface area contributed by atoms with Crippen molar-refractivity contribution < 1.29 is 4.74 Å². The molecule has 2 aromatic carbocycles. The summed E-state index contributed by atoms with van der Waals surface area (Å²) in [4.78, 5) is 0. The molecule has 2 heteroatoms. The van der Waals surface area contributed by atoms with Gasteiger partial charge in [-0.25, -0.2) is 0 Å². The number of nitriles is 1. The maximum Gasteiger partial charge on any atom is 0.123 e. The summed E-state index contributed by atoms with van der Waals surface area (Å²) in [7, 11) is 1.62. The third kappa shape index (κ3) is 2.14. The van der Waals surface area contributed by atoms with Crippen molar-refractivity contribution >= 4 is 0 Å². The van der Waals surface area contributed by atoms with Gasteiger partial charge in [-0.15, -0.1) is 0 Å². The molecule has 2 aromatic rings. The Morgan fingerprint density at radius 3 is 2.41 bits per heavy atom. The minimum atomic E-state index is 0.638. The number of rotatable bonds is 2. The molecule has 0 radical (unpaired) electrons. The molecule has 0 saturated heterocycles. The van der Waals surface area contributed by atoms with E-state index in [1.807, 2.05) is 43.3 Å². The lowest BCUT2D eigenvalue weighted by Gasteiger charge is -2.10. The Bertz CT molecular complexity index is 567. The third-order valence-electron chi connectivity index (χ3n) is 2.74. The van der Waals surface area contributed by atoms with Gasteiger partial charge in [0.05, 0.1) is 18.7 Å². The highest BCUT2D eigenvalue weighted by atomic mass is 16.5. The molecular weight excluding hydrogens is 210 g/mol. The van der Waals surface area contributed by atoms with Gasteiger partial charge in [0, 0.05) is 0 Å². The molecule has 2 nitrogen and oxygen atoms in total. The van der Waals surface area contributed by atoms with Crippen LogP contribution in [0.1, 0.15) is 11.1 Å². The maximum atomic E-state index is 9.19. The largest absolute Gasteiger partial charge is 0.496 e. The van der Waals surface area contributed by atoms with E-state index in [-0.39, 0.29) is 0 Å². The molecule has 0 saturated carbocycles. The van der Waals surface area contributed by atoms with Crippen LogP contribution in [-0.4, -0.2) is 7.11 Å². The first-order valence-corrected chi connectivity index (χ1v) is 5.40. The number of nitrogens with zero attached hydrogens (tertiary/aromatic N) is 1. The van der Waals surface area contributed by atoms with Crippen LogP contribution in [0.15, 0.2) is 42.5 Å². The second kappa shape index (κ2) is 4.71. The van der Waals surface area contributed by atoms with Gasteiger partial charge in [-0.1, -0.05) is 30.3 Å². The second-order valence-corrected chi connectivity index (χ2v) is 3.85. The number of aryl methyl sites for hydroxylation is 1. The molecule has 0 bridgehead atoms. The van der Waals surface area contributed by atoms with E-state index in [4.69, 9.17) is 4.74 Å². The number of ether oxygens (including phenoxy) is 1. The van der Waals surface area contributed by atoms with E-state index < -0.39 is 0 Å². The van der Waals surface area contributed by atoms with Crippen molar-refractivity contribution in [1.82, 2.24) is 0 Å². The number of hydrogen-bond donors (Lipinski definition) is 0. The third-order valence-corrected chi connectivity index (χ3v) is 2.74. The lowest BCUT2D eigenvalue weighted by molar-refractivity contribution is 0.411. The van der Waals surface area contributed by atoms with Gasteiger partial charge in [0.15, 0.2) is 0 Å². The van der Waals surface area contributed by atoms with Crippen molar-refractivity contribution in [3.63, 3.8) is 0 Å². The Labute approximate surface area is 101 Å². The van der Waals surface area contributed by atoms with Crippen LogP contribution in [0.5, 0.6) is 5.75 Å². The van der Waals surface area contributed by atoms with E-state index in [0.29, 0.717) is 5.56 Å². The van der Waals surface area contributed by atoms with Gasteiger partial charge in [0.1, 0.15) is 5.75 Å². The van der Waals surface area contributed by atoms with Crippen LogP contribution < -0.4 is 4.74 Å². The molecule has 0 heterocycles.